The summed E-state index contributed by atoms with van der Waals surface area (Å²) < 4.78 is 144. The van der Waals surface area contributed by atoms with Gasteiger partial charge in [-0.2, -0.15) is 0 Å². The highest BCUT2D eigenvalue weighted by Gasteiger charge is 2.56. The van der Waals surface area contributed by atoms with Crippen molar-refractivity contribution in [3.05, 3.63) is 121 Å². The fourth-order valence-corrected chi connectivity index (χ4v) is 12.9. The molecule has 24 atom stereocenters. The van der Waals surface area contributed by atoms with E-state index in [1.54, 1.807) is 24.3 Å². The largest absolute Gasteiger partial charge is 0.472 e. The fraction of sp³-hybridized carbons (Fsp3) is 0.500. The van der Waals surface area contributed by atoms with Gasteiger partial charge in [0.1, 0.15) is 121 Å². The van der Waals surface area contributed by atoms with Crippen molar-refractivity contribution >= 4 is 31.3 Å². The number of rotatable bonds is 8. The summed E-state index contributed by atoms with van der Waals surface area (Å²) in [6.45, 7) is -5.29. The molecular formula is C48H60O32P4. The molecule has 4 aromatic carbocycles. The van der Waals surface area contributed by atoms with Gasteiger partial charge < -0.3 is 98.3 Å². The lowest BCUT2D eigenvalue weighted by Crippen LogP contribution is -2.61. The maximum absolute atomic E-state index is 14.0. The SMILES string of the molecule is O=P1(O)OC[C@H]2O[C@@H](Oc3ccccc3)[C@H](O)[C@@H](O)[C@@H]2OP(=O)(O)OC[C@H]2O[C@@H](Oc3ccccc3)[C@H](O)[C@@H](O)[C@@H]2OP(=O)(O)OC[C@H]2O[C@@H](Oc3ccccc3)[C@H](O)[C@@H](O)[C@@H]2OP(=O)(O)OC[C@H]2O[C@@H](Oc3ccccc3)[C@H](O)[C@@H](O)[C@@H]2O1. The summed E-state index contributed by atoms with van der Waals surface area (Å²) >= 11 is 0. The van der Waals surface area contributed by atoms with Crippen LogP contribution in [0.25, 0.3) is 0 Å². The Bertz CT molecular complexity index is 2540. The van der Waals surface area contributed by atoms with Crippen LogP contribution >= 0.6 is 31.3 Å². The molecular weight excluding hydrogens is 1210 g/mol. The normalized spacial score (nSPS) is 43.1. The monoisotopic (exact) mass is 1270 g/mol. The Kier molecular flexibility index (Phi) is 21.2. The molecule has 0 amide bonds. The summed E-state index contributed by atoms with van der Waals surface area (Å²) in [6, 6.07) is 29.8. The van der Waals surface area contributed by atoms with Gasteiger partial charge in [0.15, 0.2) is 0 Å². The summed E-state index contributed by atoms with van der Waals surface area (Å²) in [5, 5.41) is 91.0. The van der Waals surface area contributed by atoms with Crippen molar-refractivity contribution in [2.75, 3.05) is 26.4 Å². The zero-order chi connectivity index (χ0) is 60.1. The van der Waals surface area contributed by atoms with Crippen LogP contribution in [0.2, 0.25) is 0 Å². The minimum Gasteiger partial charge on any atom is -0.462 e. The van der Waals surface area contributed by atoms with Crippen molar-refractivity contribution in [1.29, 1.82) is 0 Å². The van der Waals surface area contributed by atoms with Gasteiger partial charge in [-0.15, -0.1) is 0 Å². The molecule has 5 heterocycles. The second kappa shape index (κ2) is 27.6. The highest BCUT2D eigenvalue weighted by atomic mass is 31.2. The van der Waals surface area contributed by atoms with Crippen molar-refractivity contribution in [1.82, 2.24) is 0 Å². The van der Waals surface area contributed by atoms with Crippen molar-refractivity contribution in [2.45, 2.75) is 123 Å². The van der Waals surface area contributed by atoms with Gasteiger partial charge in [-0.1, -0.05) is 72.8 Å². The Morgan fingerprint density at radius 1 is 0.298 bits per heavy atom. The molecule has 5 aliphatic rings. The maximum atomic E-state index is 14.0. The highest BCUT2D eigenvalue weighted by molar-refractivity contribution is 7.48. The predicted molar refractivity (Wildman–Crippen MR) is 274 cm³/mol. The first-order chi connectivity index (χ1) is 39.8. The van der Waals surface area contributed by atoms with Gasteiger partial charge in [-0.3, -0.25) is 36.2 Å². The topological polar surface area (TPSA) is 459 Å². The second-order valence-electron chi connectivity index (χ2n) is 19.2. The van der Waals surface area contributed by atoms with E-state index in [9.17, 15) is 78.7 Å². The van der Waals surface area contributed by atoms with E-state index in [1.807, 2.05) is 0 Å². The molecule has 9 rings (SSSR count). The minimum absolute atomic E-state index is 0.0308. The number of benzene rings is 4. The average molecular weight is 1270 g/mol. The minimum atomic E-state index is -5.78. The molecule has 4 unspecified atom stereocenters. The predicted octanol–water partition coefficient (Wildman–Crippen LogP) is 0.112. The Labute approximate surface area is 476 Å². The third-order valence-corrected chi connectivity index (χ3v) is 17.1. The molecule has 0 saturated carbocycles. The van der Waals surface area contributed by atoms with Gasteiger partial charge in [0.05, 0.1) is 26.4 Å². The molecule has 464 valence electrons. The summed E-state index contributed by atoms with van der Waals surface area (Å²) in [6.07, 6.45) is -43.3. The lowest BCUT2D eigenvalue weighted by molar-refractivity contribution is -0.282. The van der Waals surface area contributed by atoms with E-state index in [-0.39, 0.29) is 23.0 Å². The standard InChI is InChI=1S/C48H60O32P4/c49-33-37(53)45(69-25-13-5-1-6-14-25)73-29-21-65-81(57,58)78-42-31(75-46(38(54)34(42)50)70-26-15-7-2-8-16-26)23-67-83(61,62)80-44-32(76-48(40(56)36(44)52)72-28-19-11-4-12-20-28)24-68-84(63,64)79-43-30(22-66-82(59,60)77-41(29)33)74-47(39(55)35(43)51)71-27-17-9-3-10-18-27/h1-20,29-56H,21-24H2,(H,57,58)(H,59,60)(H,61,62)(H,63,64)/t29-,30-,31-,32-,33-,34-,35-,36-,37-,38-,39-,40-,41-,42-,43-,44-,45-,46-,47-,48-/m1/s1. The van der Waals surface area contributed by atoms with Crippen LogP contribution in [0.4, 0.5) is 0 Å². The lowest BCUT2D eigenvalue weighted by atomic mass is 9.99. The first-order valence-electron chi connectivity index (χ1n) is 25.4. The maximum Gasteiger partial charge on any atom is 0.472 e. The van der Waals surface area contributed by atoms with Crippen LogP contribution in [-0.2, 0) is 73.4 Å². The molecule has 0 aromatic heterocycles. The van der Waals surface area contributed by atoms with Gasteiger partial charge in [-0.25, -0.2) is 18.3 Å². The van der Waals surface area contributed by atoms with E-state index in [2.05, 4.69) is 0 Å². The molecule has 12 N–H and O–H groups in total. The van der Waals surface area contributed by atoms with Crippen molar-refractivity contribution in [3.63, 3.8) is 0 Å². The second-order valence-corrected chi connectivity index (χ2v) is 24.8. The van der Waals surface area contributed by atoms with E-state index in [1.165, 1.54) is 97.1 Å². The molecule has 5 fully saturated rings. The molecule has 5 aliphatic heterocycles. The van der Waals surface area contributed by atoms with Crippen molar-refractivity contribution in [3.8, 4) is 23.0 Å². The van der Waals surface area contributed by atoms with Crippen LogP contribution in [0.3, 0.4) is 0 Å². The van der Waals surface area contributed by atoms with E-state index in [4.69, 9.17) is 74.1 Å². The first-order valence-corrected chi connectivity index (χ1v) is 31.4. The van der Waals surface area contributed by atoms with Crippen LogP contribution in [0.15, 0.2) is 121 Å². The van der Waals surface area contributed by atoms with Gasteiger partial charge in [0, 0.05) is 0 Å². The van der Waals surface area contributed by atoms with E-state index < -0.39 is 181 Å². The molecule has 0 aliphatic carbocycles. The van der Waals surface area contributed by atoms with E-state index in [0.717, 1.165) is 0 Å². The van der Waals surface area contributed by atoms with Gasteiger partial charge in [0.2, 0.25) is 25.2 Å². The molecule has 0 radical (unpaired) electrons. The van der Waals surface area contributed by atoms with Crippen LogP contribution in [0.5, 0.6) is 23.0 Å². The summed E-state index contributed by atoms with van der Waals surface area (Å²) in [7, 11) is -23.1. The smallest absolute Gasteiger partial charge is 0.462 e. The summed E-state index contributed by atoms with van der Waals surface area (Å²) in [5.74, 6) is 0.123. The number of ether oxygens (including phenoxy) is 8. The lowest BCUT2D eigenvalue weighted by Gasteiger charge is -2.44. The Hall–Kier alpha value is -3.96. The van der Waals surface area contributed by atoms with Crippen LogP contribution in [0.1, 0.15) is 0 Å². The number of aliphatic hydroxyl groups excluding tert-OH is 8. The highest BCUT2D eigenvalue weighted by Crippen LogP contribution is 2.54. The number of para-hydroxylation sites is 4. The van der Waals surface area contributed by atoms with Crippen LogP contribution in [0, 0.1) is 0 Å². The molecule has 36 heteroatoms. The van der Waals surface area contributed by atoms with Gasteiger partial charge in [-0.05, 0) is 48.5 Å². The number of phosphoric ester groups is 4. The fourth-order valence-electron chi connectivity index (χ4n) is 9.01. The van der Waals surface area contributed by atoms with Gasteiger partial charge in [0.25, 0.3) is 0 Å². The third-order valence-electron chi connectivity index (χ3n) is 13.2. The van der Waals surface area contributed by atoms with Gasteiger partial charge >= 0.3 is 31.3 Å². The number of fused-ring (bicyclic) bond motifs is 4. The summed E-state index contributed by atoms with van der Waals surface area (Å²) in [5.41, 5.74) is 0. The number of hydrogen-bond donors (Lipinski definition) is 12. The molecule has 5 saturated heterocycles. The molecule has 0 spiro atoms. The number of hydrogen-bond acceptors (Lipinski definition) is 28. The quantitative estimate of drug-likeness (QED) is 0.104. The Morgan fingerprint density at radius 2 is 0.476 bits per heavy atom. The molecule has 84 heavy (non-hydrogen) atoms. The molecule has 4 aromatic rings. The Morgan fingerprint density at radius 3 is 0.655 bits per heavy atom. The Balaban J connectivity index is 1.06. The number of phosphoric acid groups is 4. The van der Waals surface area contributed by atoms with Crippen LogP contribution in [-0.4, -0.2) is 210 Å². The average Bonchev–Trinajstić information content (AvgIpc) is 3.23. The van der Waals surface area contributed by atoms with E-state index in [0.29, 0.717) is 0 Å². The van der Waals surface area contributed by atoms with E-state index >= 15 is 0 Å². The van der Waals surface area contributed by atoms with Crippen molar-refractivity contribution in [2.24, 2.45) is 0 Å². The van der Waals surface area contributed by atoms with Crippen LogP contribution < -0.4 is 18.9 Å². The molecule has 0 bridgehead atoms. The first kappa shape index (κ1) is 64.5. The molecule has 32 nitrogen and oxygen atoms in total. The number of aliphatic hydroxyl groups is 8. The third kappa shape index (κ3) is 16.4. The summed E-state index contributed by atoms with van der Waals surface area (Å²) in [4.78, 5) is 45.2. The zero-order valence-electron chi connectivity index (χ0n) is 43.2. The van der Waals surface area contributed by atoms with Crippen molar-refractivity contribution < 1.29 is 153 Å². The zero-order valence-corrected chi connectivity index (χ0v) is 46.8.